The van der Waals surface area contributed by atoms with Gasteiger partial charge in [0.1, 0.15) is 5.69 Å². The highest BCUT2D eigenvalue weighted by molar-refractivity contribution is 7.80. The van der Waals surface area contributed by atoms with Crippen molar-refractivity contribution in [2.24, 2.45) is 5.73 Å². The number of pyridine rings is 1. The summed E-state index contributed by atoms with van der Waals surface area (Å²) in [6.07, 6.45) is 1.43. The van der Waals surface area contributed by atoms with E-state index < -0.39 is 5.91 Å². The standard InChI is InChI=1S/C6H5N2OS/c7-6(9)5-2-1-4(10)3-8-5/h1-3H,(H2,7,9). The Balaban J connectivity index is 3.00. The molecule has 0 aliphatic carbocycles. The van der Waals surface area contributed by atoms with Gasteiger partial charge in [-0.15, -0.1) is 0 Å². The van der Waals surface area contributed by atoms with Crippen molar-refractivity contribution in [3.05, 3.63) is 24.0 Å². The Hall–Kier alpha value is -1.16. The van der Waals surface area contributed by atoms with Crippen LogP contribution in [0.5, 0.6) is 0 Å². The average molecular weight is 153 g/mol. The highest BCUT2D eigenvalue weighted by Gasteiger charge is 1.98. The monoisotopic (exact) mass is 153 g/mol. The summed E-state index contributed by atoms with van der Waals surface area (Å²) < 4.78 is 0. The summed E-state index contributed by atoms with van der Waals surface area (Å²) in [4.78, 5) is 14.7. The summed E-state index contributed by atoms with van der Waals surface area (Å²) in [6, 6.07) is 3.12. The van der Waals surface area contributed by atoms with Gasteiger partial charge in [-0.05, 0) is 12.1 Å². The number of hydrogen-bond donors (Lipinski definition) is 1. The van der Waals surface area contributed by atoms with Crippen molar-refractivity contribution in [1.82, 2.24) is 4.98 Å². The predicted octanol–water partition coefficient (Wildman–Crippen LogP) is 0.737. The number of amides is 1. The second-order valence-corrected chi connectivity index (χ2v) is 2.21. The zero-order valence-corrected chi connectivity index (χ0v) is 5.89. The summed E-state index contributed by atoms with van der Waals surface area (Å²) in [5, 5.41) is 0. The molecule has 1 rings (SSSR count). The van der Waals surface area contributed by atoms with Gasteiger partial charge in [0.15, 0.2) is 0 Å². The van der Waals surface area contributed by atoms with Gasteiger partial charge in [0.05, 0.1) is 4.90 Å². The lowest BCUT2D eigenvalue weighted by molar-refractivity contribution is 0.0995. The van der Waals surface area contributed by atoms with E-state index in [-0.39, 0.29) is 5.69 Å². The molecule has 1 heterocycles. The molecule has 0 spiro atoms. The third-order valence-corrected chi connectivity index (χ3v) is 1.23. The first-order valence-corrected chi connectivity index (χ1v) is 3.04. The Morgan fingerprint density at radius 2 is 2.30 bits per heavy atom. The van der Waals surface area contributed by atoms with Crippen molar-refractivity contribution in [2.75, 3.05) is 0 Å². The molecule has 1 aromatic heterocycles. The Kier molecular flexibility index (Phi) is 1.82. The van der Waals surface area contributed by atoms with Crippen LogP contribution in [-0.4, -0.2) is 10.9 Å². The van der Waals surface area contributed by atoms with Gasteiger partial charge < -0.3 is 5.73 Å². The predicted molar refractivity (Wildman–Crippen MR) is 38.6 cm³/mol. The first-order chi connectivity index (χ1) is 4.70. The first-order valence-electron chi connectivity index (χ1n) is 2.63. The molecule has 0 bridgehead atoms. The van der Waals surface area contributed by atoms with Gasteiger partial charge in [-0.2, -0.15) is 0 Å². The van der Waals surface area contributed by atoms with Crippen LogP contribution < -0.4 is 5.73 Å². The lowest BCUT2D eigenvalue weighted by Gasteiger charge is -1.91. The largest absolute Gasteiger partial charge is 0.364 e. The number of hydrogen-bond acceptors (Lipinski definition) is 2. The Morgan fingerprint density at radius 1 is 1.60 bits per heavy atom. The van der Waals surface area contributed by atoms with Crippen LogP contribution in [0.15, 0.2) is 23.2 Å². The maximum atomic E-state index is 10.4. The highest BCUT2D eigenvalue weighted by Crippen LogP contribution is 2.02. The lowest BCUT2D eigenvalue weighted by Crippen LogP contribution is -2.12. The van der Waals surface area contributed by atoms with Crippen LogP contribution in [0.3, 0.4) is 0 Å². The molecule has 0 fully saturated rings. The topological polar surface area (TPSA) is 56.0 Å². The van der Waals surface area contributed by atoms with E-state index in [1.54, 1.807) is 6.07 Å². The molecule has 4 heteroatoms. The molecule has 1 radical (unpaired) electrons. The fraction of sp³-hybridized carbons (Fsp3) is 0. The smallest absolute Gasteiger partial charge is 0.267 e. The van der Waals surface area contributed by atoms with Crippen LogP contribution >= 0.6 is 12.6 Å². The van der Waals surface area contributed by atoms with E-state index in [1.807, 2.05) is 0 Å². The molecule has 0 atom stereocenters. The third-order valence-electron chi connectivity index (χ3n) is 0.989. The maximum absolute atomic E-state index is 10.4. The fourth-order valence-electron chi connectivity index (χ4n) is 0.526. The number of primary amides is 1. The Morgan fingerprint density at radius 3 is 2.70 bits per heavy atom. The molecule has 0 aliphatic rings. The van der Waals surface area contributed by atoms with E-state index in [4.69, 9.17) is 18.4 Å². The molecule has 0 aromatic carbocycles. The number of nitrogens with zero attached hydrogens (tertiary/aromatic N) is 1. The van der Waals surface area contributed by atoms with Gasteiger partial charge >= 0.3 is 0 Å². The molecule has 0 unspecified atom stereocenters. The zero-order chi connectivity index (χ0) is 7.56. The van der Waals surface area contributed by atoms with Crippen LogP contribution in [0.25, 0.3) is 0 Å². The number of nitrogens with two attached hydrogens (primary N) is 1. The SMILES string of the molecule is NC(=O)c1ccc([S])cn1. The van der Waals surface area contributed by atoms with E-state index in [0.29, 0.717) is 4.90 Å². The molecule has 51 valence electrons. The van der Waals surface area contributed by atoms with Crippen LogP contribution in [-0.2, 0) is 0 Å². The normalized spacial score (nSPS) is 9.20. The Bertz CT molecular complexity index is 244. The number of carbonyl (C=O) groups excluding carboxylic acids is 1. The summed E-state index contributed by atoms with van der Waals surface area (Å²) in [5.74, 6) is -0.532. The highest BCUT2D eigenvalue weighted by atomic mass is 32.1. The van der Waals surface area contributed by atoms with Crippen LogP contribution in [0, 0.1) is 0 Å². The van der Waals surface area contributed by atoms with E-state index in [1.165, 1.54) is 12.3 Å². The van der Waals surface area contributed by atoms with Crippen molar-refractivity contribution in [1.29, 1.82) is 0 Å². The quantitative estimate of drug-likeness (QED) is 0.646. The van der Waals surface area contributed by atoms with Gasteiger partial charge in [0.25, 0.3) is 5.91 Å². The second-order valence-electron chi connectivity index (χ2n) is 1.74. The van der Waals surface area contributed by atoms with Gasteiger partial charge in [0.2, 0.25) is 0 Å². The molecule has 10 heavy (non-hydrogen) atoms. The van der Waals surface area contributed by atoms with E-state index in [9.17, 15) is 4.79 Å². The van der Waals surface area contributed by atoms with Crippen LogP contribution in [0.1, 0.15) is 10.5 Å². The average Bonchev–Trinajstić information content (AvgIpc) is 1.88. The lowest BCUT2D eigenvalue weighted by atomic mass is 10.3. The molecule has 3 nitrogen and oxygen atoms in total. The van der Waals surface area contributed by atoms with Gasteiger partial charge in [-0.25, -0.2) is 4.98 Å². The summed E-state index contributed by atoms with van der Waals surface area (Å²) in [5.41, 5.74) is 5.17. The molecular formula is C6H5N2OS. The second kappa shape index (κ2) is 2.62. The first kappa shape index (κ1) is 6.95. The molecule has 1 aromatic rings. The number of aromatic nitrogens is 1. The van der Waals surface area contributed by atoms with E-state index in [2.05, 4.69) is 4.98 Å². The van der Waals surface area contributed by atoms with Gasteiger partial charge in [0, 0.05) is 6.20 Å². The third kappa shape index (κ3) is 1.41. The summed E-state index contributed by atoms with van der Waals surface area (Å²) >= 11 is 4.74. The van der Waals surface area contributed by atoms with Gasteiger partial charge in [-0.1, -0.05) is 12.6 Å². The minimum absolute atomic E-state index is 0.244. The van der Waals surface area contributed by atoms with Crippen molar-refractivity contribution in [3.8, 4) is 0 Å². The Labute approximate surface area is 63.7 Å². The summed E-state index contributed by atoms with van der Waals surface area (Å²) in [7, 11) is 0. The number of carbonyl (C=O) groups is 1. The van der Waals surface area contributed by atoms with Crippen molar-refractivity contribution >= 4 is 18.5 Å². The molecule has 0 aliphatic heterocycles. The fourth-order valence-corrected chi connectivity index (χ4v) is 0.647. The number of rotatable bonds is 1. The van der Waals surface area contributed by atoms with Gasteiger partial charge in [-0.3, -0.25) is 4.79 Å². The molecule has 1 amide bonds. The molecule has 0 saturated carbocycles. The summed E-state index contributed by atoms with van der Waals surface area (Å²) in [6.45, 7) is 0. The van der Waals surface area contributed by atoms with E-state index in [0.717, 1.165) is 0 Å². The molecular weight excluding hydrogens is 148 g/mol. The van der Waals surface area contributed by atoms with Crippen LogP contribution in [0.4, 0.5) is 0 Å². The minimum Gasteiger partial charge on any atom is -0.364 e. The molecule has 0 saturated heterocycles. The molecule has 2 N–H and O–H groups in total. The maximum Gasteiger partial charge on any atom is 0.267 e. The van der Waals surface area contributed by atoms with E-state index >= 15 is 0 Å². The zero-order valence-electron chi connectivity index (χ0n) is 5.07. The van der Waals surface area contributed by atoms with Crippen molar-refractivity contribution in [3.63, 3.8) is 0 Å². The van der Waals surface area contributed by atoms with Crippen molar-refractivity contribution in [2.45, 2.75) is 4.90 Å². The van der Waals surface area contributed by atoms with Crippen molar-refractivity contribution < 1.29 is 4.79 Å². The van der Waals surface area contributed by atoms with Crippen LogP contribution in [0.2, 0.25) is 0 Å². The minimum atomic E-state index is -0.532.